The lowest BCUT2D eigenvalue weighted by molar-refractivity contribution is 0.135. The number of aryl methyl sites for hydroxylation is 1. The summed E-state index contributed by atoms with van der Waals surface area (Å²) in [7, 11) is 0. The number of hydrogen-bond acceptors (Lipinski definition) is 3. The van der Waals surface area contributed by atoms with Crippen LogP contribution >= 0.6 is 0 Å². The predicted molar refractivity (Wildman–Crippen MR) is 60.7 cm³/mol. The highest BCUT2D eigenvalue weighted by Gasteiger charge is 2.09. The molecule has 0 aliphatic carbocycles. The van der Waals surface area contributed by atoms with Crippen LogP contribution in [-0.2, 0) is 4.74 Å². The summed E-state index contributed by atoms with van der Waals surface area (Å²) in [5.74, 6) is 0. The first-order valence-electron chi connectivity index (χ1n) is 5.31. The molecule has 3 nitrogen and oxygen atoms in total. The highest BCUT2D eigenvalue weighted by atomic mass is 16.5. The summed E-state index contributed by atoms with van der Waals surface area (Å²) >= 11 is 0. The van der Waals surface area contributed by atoms with E-state index in [2.05, 4.69) is 16.4 Å². The molecule has 3 heteroatoms. The van der Waals surface area contributed by atoms with Crippen molar-refractivity contribution in [2.45, 2.75) is 25.9 Å². The monoisotopic (exact) mass is 204 g/mol. The van der Waals surface area contributed by atoms with Gasteiger partial charge in [0.1, 0.15) is 6.10 Å². The van der Waals surface area contributed by atoms with Gasteiger partial charge in [-0.15, -0.1) is 0 Å². The number of hydrogen-bond donors (Lipinski definition) is 1. The van der Waals surface area contributed by atoms with Crippen molar-refractivity contribution >= 4 is 5.69 Å². The number of aromatic nitrogens is 1. The minimum Gasteiger partial charge on any atom is -0.497 e. The van der Waals surface area contributed by atoms with E-state index in [1.54, 1.807) is 6.26 Å². The molecule has 1 aliphatic rings. The van der Waals surface area contributed by atoms with Crippen molar-refractivity contribution in [1.82, 2.24) is 4.98 Å². The molecule has 0 radical (unpaired) electrons. The van der Waals surface area contributed by atoms with Gasteiger partial charge in [0.2, 0.25) is 0 Å². The minimum absolute atomic E-state index is 0.288. The fourth-order valence-corrected chi connectivity index (χ4v) is 1.54. The van der Waals surface area contributed by atoms with Gasteiger partial charge in [-0.2, -0.15) is 0 Å². The Morgan fingerprint density at radius 2 is 2.47 bits per heavy atom. The Bertz CT molecular complexity index is 332. The zero-order chi connectivity index (χ0) is 10.5. The number of ether oxygens (including phenoxy) is 1. The number of anilines is 1. The van der Waals surface area contributed by atoms with Gasteiger partial charge in [0.05, 0.1) is 24.7 Å². The molecule has 1 atom stereocenters. The van der Waals surface area contributed by atoms with Crippen LogP contribution in [-0.4, -0.2) is 17.6 Å². The van der Waals surface area contributed by atoms with Gasteiger partial charge in [-0.1, -0.05) is 0 Å². The van der Waals surface area contributed by atoms with Crippen LogP contribution in [0.2, 0.25) is 0 Å². The lowest BCUT2D eigenvalue weighted by Gasteiger charge is -2.20. The van der Waals surface area contributed by atoms with E-state index in [1.165, 1.54) is 0 Å². The normalized spacial score (nSPS) is 19.7. The van der Waals surface area contributed by atoms with Gasteiger partial charge in [-0.3, -0.25) is 4.98 Å². The molecule has 1 N–H and O–H groups in total. The molecule has 0 saturated heterocycles. The van der Waals surface area contributed by atoms with Crippen LogP contribution in [0.3, 0.4) is 0 Å². The summed E-state index contributed by atoms with van der Waals surface area (Å²) in [4.78, 5) is 4.23. The van der Waals surface area contributed by atoms with Crippen molar-refractivity contribution in [2.24, 2.45) is 0 Å². The Kier molecular flexibility index (Phi) is 3.22. The molecule has 0 bridgehead atoms. The van der Waals surface area contributed by atoms with Crippen LogP contribution in [0.1, 0.15) is 18.5 Å². The smallest absolute Gasteiger partial charge is 0.115 e. The molecule has 1 aromatic heterocycles. The molecule has 0 saturated carbocycles. The maximum Gasteiger partial charge on any atom is 0.115 e. The predicted octanol–water partition coefficient (Wildman–Crippen LogP) is 2.49. The van der Waals surface area contributed by atoms with Crippen LogP contribution < -0.4 is 5.32 Å². The molecule has 0 fully saturated rings. The van der Waals surface area contributed by atoms with Crippen LogP contribution in [0, 0.1) is 6.92 Å². The maximum absolute atomic E-state index is 5.46. The summed E-state index contributed by atoms with van der Waals surface area (Å²) in [5, 5.41) is 3.32. The Balaban J connectivity index is 1.82. The molecular formula is C12H16N2O. The van der Waals surface area contributed by atoms with Crippen molar-refractivity contribution in [2.75, 3.05) is 11.9 Å². The van der Waals surface area contributed by atoms with E-state index in [0.29, 0.717) is 0 Å². The second kappa shape index (κ2) is 4.82. The van der Waals surface area contributed by atoms with Crippen molar-refractivity contribution in [3.05, 3.63) is 36.4 Å². The van der Waals surface area contributed by atoms with Crippen LogP contribution in [0.15, 0.2) is 30.7 Å². The molecule has 2 rings (SSSR count). The van der Waals surface area contributed by atoms with E-state index in [0.717, 1.165) is 30.8 Å². The van der Waals surface area contributed by atoms with E-state index in [9.17, 15) is 0 Å². The third-order valence-corrected chi connectivity index (χ3v) is 2.47. The first kappa shape index (κ1) is 10.0. The fraction of sp³-hybridized carbons (Fsp3) is 0.417. The largest absolute Gasteiger partial charge is 0.497 e. The summed E-state index contributed by atoms with van der Waals surface area (Å²) in [5.41, 5.74) is 2.09. The summed E-state index contributed by atoms with van der Waals surface area (Å²) in [6.45, 7) is 2.83. The quantitative estimate of drug-likeness (QED) is 0.821. The molecule has 2 heterocycles. The zero-order valence-electron chi connectivity index (χ0n) is 8.94. The number of allylic oxidation sites excluding steroid dienone is 1. The van der Waals surface area contributed by atoms with E-state index in [1.807, 2.05) is 25.3 Å². The maximum atomic E-state index is 5.46. The molecule has 0 aromatic carbocycles. The second-order valence-electron chi connectivity index (χ2n) is 3.78. The van der Waals surface area contributed by atoms with Gasteiger partial charge in [0.15, 0.2) is 0 Å². The van der Waals surface area contributed by atoms with Crippen molar-refractivity contribution in [3.63, 3.8) is 0 Å². The van der Waals surface area contributed by atoms with Gasteiger partial charge in [0.25, 0.3) is 0 Å². The van der Waals surface area contributed by atoms with Gasteiger partial charge in [-0.05, 0) is 38.0 Å². The zero-order valence-corrected chi connectivity index (χ0v) is 8.94. The van der Waals surface area contributed by atoms with Crippen LogP contribution in [0.4, 0.5) is 5.69 Å². The van der Waals surface area contributed by atoms with Gasteiger partial charge in [0, 0.05) is 5.69 Å². The van der Waals surface area contributed by atoms with Gasteiger partial charge in [-0.25, -0.2) is 0 Å². The number of nitrogens with one attached hydrogen (secondary N) is 1. The Morgan fingerprint density at radius 3 is 3.13 bits per heavy atom. The van der Waals surface area contributed by atoms with E-state index in [4.69, 9.17) is 4.74 Å². The molecule has 1 aromatic rings. The highest BCUT2D eigenvalue weighted by Crippen LogP contribution is 2.12. The van der Waals surface area contributed by atoms with Crippen molar-refractivity contribution in [3.8, 4) is 0 Å². The first-order chi connectivity index (χ1) is 7.34. The third kappa shape index (κ3) is 2.98. The second-order valence-corrected chi connectivity index (χ2v) is 3.78. The Hall–Kier alpha value is -1.51. The van der Waals surface area contributed by atoms with Gasteiger partial charge >= 0.3 is 0 Å². The van der Waals surface area contributed by atoms with E-state index >= 15 is 0 Å². The third-order valence-electron chi connectivity index (χ3n) is 2.47. The minimum atomic E-state index is 0.288. The van der Waals surface area contributed by atoms with Crippen molar-refractivity contribution < 1.29 is 4.74 Å². The van der Waals surface area contributed by atoms with E-state index in [-0.39, 0.29) is 6.10 Å². The molecule has 1 unspecified atom stereocenters. The molecule has 1 aliphatic heterocycles. The molecule has 15 heavy (non-hydrogen) atoms. The number of rotatable bonds is 3. The highest BCUT2D eigenvalue weighted by molar-refractivity contribution is 5.40. The Labute approximate surface area is 90.2 Å². The number of pyridine rings is 1. The van der Waals surface area contributed by atoms with E-state index < -0.39 is 0 Å². The average molecular weight is 204 g/mol. The molecule has 0 amide bonds. The molecule has 80 valence electrons. The van der Waals surface area contributed by atoms with Crippen LogP contribution in [0.5, 0.6) is 0 Å². The topological polar surface area (TPSA) is 34.1 Å². The molecular weight excluding hydrogens is 188 g/mol. The lowest BCUT2D eigenvalue weighted by atomic mass is 10.1. The average Bonchev–Trinajstić information content (AvgIpc) is 2.30. The molecule has 0 spiro atoms. The Morgan fingerprint density at radius 1 is 1.53 bits per heavy atom. The van der Waals surface area contributed by atoms with Crippen LogP contribution in [0.25, 0.3) is 0 Å². The SMILES string of the molecule is Cc1ccc(NCC2CCC=CO2)cn1. The van der Waals surface area contributed by atoms with Gasteiger partial charge < -0.3 is 10.1 Å². The lowest BCUT2D eigenvalue weighted by Crippen LogP contribution is -2.22. The standard InChI is InChI=1S/C12H16N2O/c1-10-5-6-11(8-13-10)14-9-12-4-2-3-7-15-12/h3,5-8,12,14H,2,4,9H2,1H3. The summed E-state index contributed by atoms with van der Waals surface area (Å²) in [6.07, 6.45) is 8.19. The number of nitrogens with zero attached hydrogens (tertiary/aromatic N) is 1. The fourth-order valence-electron chi connectivity index (χ4n) is 1.54. The summed E-state index contributed by atoms with van der Waals surface area (Å²) in [6, 6.07) is 4.05. The summed E-state index contributed by atoms with van der Waals surface area (Å²) < 4.78 is 5.46. The van der Waals surface area contributed by atoms with Crippen molar-refractivity contribution in [1.29, 1.82) is 0 Å². The first-order valence-corrected chi connectivity index (χ1v) is 5.31.